The van der Waals surface area contributed by atoms with Crippen LogP contribution in [-0.2, 0) is 4.79 Å². The van der Waals surface area contributed by atoms with Crippen LogP contribution >= 0.6 is 0 Å². The van der Waals surface area contributed by atoms with E-state index in [1.807, 2.05) is 13.8 Å². The normalized spacial score (nSPS) is 10.2. The van der Waals surface area contributed by atoms with Crippen LogP contribution in [-0.4, -0.2) is 18.9 Å². The van der Waals surface area contributed by atoms with Gasteiger partial charge in [0.2, 0.25) is 0 Å². The molecule has 0 radical (unpaired) electrons. The summed E-state index contributed by atoms with van der Waals surface area (Å²) in [6.07, 6.45) is 0.345. The van der Waals surface area contributed by atoms with Crippen molar-refractivity contribution in [2.75, 3.05) is 7.11 Å². The Balaban J connectivity index is 2.89. The molecule has 5 nitrogen and oxygen atoms in total. The van der Waals surface area contributed by atoms with Crippen LogP contribution < -0.4 is 15.2 Å². The summed E-state index contributed by atoms with van der Waals surface area (Å²) in [7, 11) is 1.47. The van der Waals surface area contributed by atoms with Gasteiger partial charge in [0.15, 0.2) is 11.5 Å². The Morgan fingerprint density at radius 2 is 2.06 bits per heavy atom. The van der Waals surface area contributed by atoms with Crippen LogP contribution in [0, 0.1) is 11.3 Å². The summed E-state index contributed by atoms with van der Waals surface area (Å²) in [5.74, 6) is 0.597. The fourth-order valence-corrected chi connectivity index (χ4v) is 1.42. The first kappa shape index (κ1) is 14.0. The second-order valence-electron chi connectivity index (χ2n) is 4.35. The van der Waals surface area contributed by atoms with Gasteiger partial charge in [-0.1, -0.05) is 13.8 Å². The van der Waals surface area contributed by atoms with E-state index in [2.05, 4.69) is 0 Å². The van der Waals surface area contributed by atoms with Crippen molar-refractivity contribution >= 4 is 11.8 Å². The van der Waals surface area contributed by atoms with Crippen LogP contribution in [0.2, 0.25) is 0 Å². The summed E-state index contributed by atoms with van der Waals surface area (Å²) in [6, 6.07) is 4.76. The number of carbonyl (C=O) groups excluding carboxylic acids is 1. The van der Waals surface area contributed by atoms with E-state index in [4.69, 9.17) is 20.6 Å². The van der Waals surface area contributed by atoms with Crippen LogP contribution in [0.25, 0.3) is 0 Å². The molecule has 1 rings (SSSR count). The van der Waals surface area contributed by atoms with Gasteiger partial charge in [-0.2, -0.15) is 0 Å². The number of nitrogens with two attached hydrogens (primary N) is 1. The molecule has 3 N–H and O–H groups in total. The predicted molar refractivity (Wildman–Crippen MR) is 69.1 cm³/mol. The third kappa shape index (κ3) is 3.76. The number of esters is 1. The molecule has 0 unspecified atom stereocenters. The van der Waals surface area contributed by atoms with E-state index in [0.29, 0.717) is 23.5 Å². The first-order valence-electron chi connectivity index (χ1n) is 5.67. The molecule has 0 fully saturated rings. The van der Waals surface area contributed by atoms with Gasteiger partial charge < -0.3 is 15.2 Å². The molecule has 1 aromatic rings. The van der Waals surface area contributed by atoms with Crippen LogP contribution in [0.5, 0.6) is 11.5 Å². The van der Waals surface area contributed by atoms with Gasteiger partial charge in [-0.05, 0) is 24.1 Å². The molecular formula is C13H18N2O3. The third-order valence-electron chi connectivity index (χ3n) is 2.27. The smallest absolute Gasteiger partial charge is 0.311 e. The van der Waals surface area contributed by atoms with Gasteiger partial charge in [-0.15, -0.1) is 0 Å². The number of ether oxygens (including phenoxy) is 2. The van der Waals surface area contributed by atoms with Crippen molar-refractivity contribution in [3.63, 3.8) is 0 Å². The zero-order chi connectivity index (χ0) is 13.7. The first-order valence-corrected chi connectivity index (χ1v) is 5.67. The average molecular weight is 250 g/mol. The second-order valence-corrected chi connectivity index (χ2v) is 4.35. The highest BCUT2D eigenvalue weighted by Crippen LogP contribution is 2.28. The largest absolute Gasteiger partial charge is 0.493 e. The lowest BCUT2D eigenvalue weighted by Crippen LogP contribution is -2.13. The number of rotatable bonds is 5. The third-order valence-corrected chi connectivity index (χ3v) is 2.27. The minimum Gasteiger partial charge on any atom is -0.493 e. The molecule has 98 valence electrons. The van der Waals surface area contributed by atoms with Gasteiger partial charge in [0.05, 0.1) is 7.11 Å². The maximum atomic E-state index is 11.6. The number of hydrogen-bond donors (Lipinski definition) is 2. The quantitative estimate of drug-likeness (QED) is 0.362. The number of hydrogen-bond acceptors (Lipinski definition) is 4. The molecule has 0 bridgehead atoms. The van der Waals surface area contributed by atoms with E-state index in [-0.39, 0.29) is 17.7 Å². The maximum absolute atomic E-state index is 11.6. The van der Waals surface area contributed by atoms with E-state index in [1.54, 1.807) is 18.2 Å². The molecule has 0 aromatic heterocycles. The highest BCUT2D eigenvalue weighted by molar-refractivity contribution is 5.95. The topological polar surface area (TPSA) is 85.4 Å². The van der Waals surface area contributed by atoms with Crippen molar-refractivity contribution in [1.82, 2.24) is 0 Å². The van der Waals surface area contributed by atoms with Gasteiger partial charge in [0.25, 0.3) is 0 Å². The minimum atomic E-state index is -0.307. The molecule has 1 aromatic carbocycles. The zero-order valence-corrected chi connectivity index (χ0v) is 10.8. The van der Waals surface area contributed by atoms with Crippen LogP contribution in [0.15, 0.2) is 18.2 Å². The van der Waals surface area contributed by atoms with Crippen LogP contribution in [0.4, 0.5) is 0 Å². The highest BCUT2D eigenvalue weighted by atomic mass is 16.6. The Morgan fingerprint density at radius 1 is 1.39 bits per heavy atom. The number of nitrogens with one attached hydrogen (secondary N) is 1. The minimum absolute atomic E-state index is 0.0617. The van der Waals surface area contributed by atoms with Gasteiger partial charge in [-0.25, -0.2) is 0 Å². The first-order chi connectivity index (χ1) is 8.43. The number of nitrogen functional groups attached to an aromatic ring is 1. The monoisotopic (exact) mass is 250 g/mol. The van der Waals surface area contributed by atoms with Gasteiger partial charge in [0.1, 0.15) is 5.84 Å². The van der Waals surface area contributed by atoms with Crippen molar-refractivity contribution in [3.8, 4) is 11.5 Å². The lowest BCUT2D eigenvalue weighted by atomic mass is 10.1. The molecule has 0 heterocycles. The Labute approximate surface area is 106 Å². The van der Waals surface area contributed by atoms with Crippen LogP contribution in [0.1, 0.15) is 25.8 Å². The SMILES string of the molecule is COc1cc(C(=N)N)ccc1OC(=O)CC(C)C. The summed E-state index contributed by atoms with van der Waals surface area (Å²) in [5.41, 5.74) is 5.90. The van der Waals surface area contributed by atoms with Gasteiger partial charge in [0, 0.05) is 12.0 Å². The van der Waals surface area contributed by atoms with E-state index >= 15 is 0 Å². The molecule has 0 amide bonds. The fraction of sp³-hybridized carbons (Fsp3) is 0.385. The Hall–Kier alpha value is -2.04. The predicted octanol–water partition coefficient (Wildman–Crippen LogP) is 1.93. The highest BCUT2D eigenvalue weighted by Gasteiger charge is 2.12. The van der Waals surface area contributed by atoms with Gasteiger partial charge >= 0.3 is 5.97 Å². The Kier molecular flexibility index (Phi) is 4.71. The number of benzene rings is 1. The summed E-state index contributed by atoms with van der Waals surface area (Å²) in [4.78, 5) is 11.6. The second kappa shape index (κ2) is 6.05. The summed E-state index contributed by atoms with van der Waals surface area (Å²) in [5, 5.41) is 7.33. The molecule has 0 atom stereocenters. The van der Waals surface area contributed by atoms with Crippen molar-refractivity contribution in [2.24, 2.45) is 11.7 Å². The summed E-state index contributed by atoms with van der Waals surface area (Å²) >= 11 is 0. The maximum Gasteiger partial charge on any atom is 0.311 e. The molecule has 0 aliphatic carbocycles. The number of methoxy groups -OCH3 is 1. The zero-order valence-electron chi connectivity index (χ0n) is 10.8. The molecule has 0 aliphatic rings. The number of amidine groups is 1. The van der Waals surface area contributed by atoms with Crippen molar-refractivity contribution in [3.05, 3.63) is 23.8 Å². The molecule has 5 heteroatoms. The van der Waals surface area contributed by atoms with Crippen LogP contribution in [0.3, 0.4) is 0 Å². The lowest BCUT2D eigenvalue weighted by Gasteiger charge is -2.11. The van der Waals surface area contributed by atoms with Crippen molar-refractivity contribution in [1.29, 1.82) is 5.41 Å². The molecule has 18 heavy (non-hydrogen) atoms. The van der Waals surface area contributed by atoms with Crippen molar-refractivity contribution < 1.29 is 14.3 Å². The van der Waals surface area contributed by atoms with E-state index < -0.39 is 0 Å². The van der Waals surface area contributed by atoms with Crippen molar-refractivity contribution in [2.45, 2.75) is 20.3 Å². The van der Waals surface area contributed by atoms with E-state index in [0.717, 1.165) is 0 Å². The Bertz CT molecular complexity index is 456. The molecule has 0 spiro atoms. The van der Waals surface area contributed by atoms with E-state index in [1.165, 1.54) is 7.11 Å². The molecule has 0 saturated heterocycles. The Morgan fingerprint density at radius 3 is 2.56 bits per heavy atom. The summed E-state index contributed by atoms with van der Waals surface area (Å²) in [6.45, 7) is 3.88. The fourth-order valence-electron chi connectivity index (χ4n) is 1.42. The summed E-state index contributed by atoms with van der Waals surface area (Å²) < 4.78 is 10.3. The average Bonchev–Trinajstić information content (AvgIpc) is 2.27. The molecular weight excluding hydrogens is 232 g/mol. The van der Waals surface area contributed by atoms with Gasteiger partial charge in [-0.3, -0.25) is 10.2 Å². The lowest BCUT2D eigenvalue weighted by molar-refractivity contribution is -0.135. The molecule has 0 aliphatic heterocycles. The molecule has 0 saturated carbocycles. The van der Waals surface area contributed by atoms with E-state index in [9.17, 15) is 4.79 Å². The number of carbonyl (C=O) groups is 1. The standard InChI is InChI=1S/C13H18N2O3/c1-8(2)6-12(16)18-10-5-4-9(13(14)15)7-11(10)17-3/h4-5,7-8H,6H2,1-3H3,(H3,14,15).